The molecule has 2 aromatic heterocycles. The molecule has 3 rings (SSSR count). The van der Waals surface area contributed by atoms with E-state index in [0.29, 0.717) is 0 Å². The summed E-state index contributed by atoms with van der Waals surface area (Å²) in [4.78, 5) is 15.5. The van der Waals surface area contributed by atoms with Crippen LogP contribution < -0.4 is 10.6 Å². The van der Waals surface area contributed by atoms with Gasteiger partial charge in [-0.15, -0.1) is 0 Å². The second-order valence-corrected chi connectivity index (χ2v) is 5.46. The summed E-state index contributed by atoms with van der Waals surface area (Å²) in [6.07, 6.45) is 0.324. The van der Waals surface area contributed by atoms with Crippen LogP contribution in [0.15, 0.2) is 0 Å². The number of anilines is 2. The van der Waals surface area contributed by atoms with Gasteiger partial charge in [-0.25, -0.2) is 4.98 Å². The Bertz CT molecular complexity index is 642. The molecule has 2 N–H and O–H groups in total. The summed E-state index contributed by atoms with van der Waals surface area (Å²) < 4.78 is 7.70. The third kappa shape index (κ3) is 2.07. The van der Waals surface area contributed by atoms with Gasteiger partial charge in [0.15, 0.2) is 17.0 Å². The lowest BCUT2D eigenvalue weighted by Crippen LogP contribution is -2.46. The molecule has 0 aromatic carbocycles. The van der Waals surface area contributed by atoms with Crippen LogP contribution in [0.4, 0.5) is 11.8 Å². The number of nitrogen functional groups attached to an aromatic ring is 1. The van der Waals surface area contributed by atoms with E-state index in [1.54, 1.807) is 0 Å². The van der Waals surface area contributed by atoms with Crippen LogP contribution in [0.25, 0.3) is 11.2 Å². The molecule has 1 aliphatic rings. The van der Waals surface area contributed by atoms with E-state index >= 15 is 0 Å². The van der Waals surface area contributed by atoms with Crippen LogP contribution in [0.2, 0.25) is 0 Å². The Hall–Kier alpha value is -1.89. The Balaban J connectivity index is 2.13. The lowest BCUT2D eigenvalue weighted by atomic mass is 10.2. The molecule has 3 heterocycles. The largest absolute Gasteiger partial charge is 0.372 e. The summed E-state index contributed by atoms with van der Waals surface area (Å²) in [5.74, 6) is 1.98. The zero-order chi connectivity index (χ0) is 14.4. The fraction of sp³-hybridized carbons (Fsp3) is 0.615. The summed E-state index contributed by atoms with van der Waals surface area (Å²) in [6, 6.07) is 0. The summed E-state index contributed by atoms with van der Waals surface area (Å²) >= 11 is 0. The molecule has 0 radical (unpaired) electrons. The van der Waals surface area contributed by atoms with Crippen molar-refractivity contribution in [1.29, 1.82) is 0 Å². The summed E-state index contributed by atoms with van der Waals surface area (Å²) in [5.41, 5.74) is 7.44. The number of aromatic nitrogens is 4. The molecule has 1 fully saturated rings. The van der Waals surface area contributed by atoms with Gasteiger partial charge < -0.3 is 19.9 Å². The molecule has 0 bridgehead atoms. The number of aryl methyl sites for hydroxylation is 2. The van der Waals surface area contributed by atoms with Crippen LogP contribution in [-0.2, 0) is 11.8 Å². The number of nitrogens with zero attached hydrogens (tertiary/aromatic N) is 5. The number of imidazole rings is 1. The lowest BCUT2D eigenvalue weighted by Gasteiger charge is -2.36. The third-order valence-corrected chi connectivity index (χ3v) is 3.66. The molecule has 7 nitrogen and oxygen atoms in total. The van der Waals surface area contributed by atoms with E-state index < -0.39 is 0 Å². The molecule has 1 saturated heterocycles. The molecular formula is C13H20N6O. The molecule has 0 amide bonds. The minimum Gasteiger partial charge on any atom is -0.372 e. The van der Waals surface area contributed by atoms with Crippen molar-refractivity contribution in [3.05, 3.63) is 5.82 Å². The van der Waals surface area contributed by atoms with Crippen molar-refractivity contribution in [2.45, 2.75) is 33.0 Å². The highest BCUT2D eigenvalue weighted by Crippen LogP contribution is 2.27. The quantitative estimate of drug-likeness (QED) is 0.832. The maximum absolute atomic E-state index is 5.86. The zero-order valence-electron chi connectivity index (χ0n) is 12.3. The number of hydrogen-bond donors (Lipinski definition) is 1. The predicted molar refractivity (Wildman–Crippen MR) is 77.7 cm³/mol. The van der Waals surface area contributed by atoms with Crippen LogP contribution in [0.5, 0.6) is 0 Å². The average Bonchev–Trinajstić information content (AvgIpc) is 2.64. The number of ether oxygens (including phenoxy) is 1. The highest BCUT2D eigenvalue weighted by atomic mass is 16.5. The van der Waals surface area contributed by atoms with Gasteiger partial charge in [0.2, 0.25) is 5.95 Å². The first-order chi connectivity index (χ1) is 9.45. The predicted octanol–water partition coefficient (Wildman–Crippen LogP) is 0.868. The summed E-state index contributed by atoms with van der Waals surface area (Å²) in [7, 11) is 1.94. The van der Waals surface area contributed by atoms with Crippen LogP contribution in [0, 0.1) is 6.92 Å². The van der Waals surface area contributed by atoms with Crippen molar-refractivity contribution in [2.75, 3.05) is 23.7 Å². The Morgan fingerprint density at radius 2 is 1.80 bits per heavy atom. The van der Waals surface area contributed by atoms with Crippen molar-refractivity contribution in [3.63, 3.8) is 0 Å². The summed E-state index contributed by atoms with van der Waals surface area (Å²) in [6.45, 7) is 7.64. The van der Waals surface area contributed by atoms with Gasteiger partial charge in [0.25, 0.3) is 0 Å². The Morgan fingerprint density at radius 3 is 2.45 bits per heavy atom. The minimum absolute atomic E-state index is 0.162. The number of morpholine rings is 1. The monoisotopic (exact) mass is 276 g/mol. The molecule has 0 unspecified atom stereocenters. The first kappa shape index (κ1) is 13.1. The fourth-order valence-corrected chi connectivity index (χ4v) is 2.74. The van der Waals surface area contributed by atoms with E-state index in [1.165, 1.54) is 0 Å². The number of rotatable bonds is 1. The Labute approximate surface area is 117 Å². The molecule has 2 atom stereocenters. The smallest absolute Gasteiger partial charge is 0.224 e. The maximum Gasteiger partial charge on any atom is 0.224 e. The van der Waals surface area contributed by atoms with Crippen molar-refractivity contribution < 1.29 is 4.74 Å². The Morgan fingerprint density at radius 1 is 1.15 bits per heavy atom. The van der Waals surface area contributed by atoms with Gasteiger partial charge in [0.05, 0.1) is 12.2 Å². The highest BCUT2D eigenvalue weighted by molar-refractivity contribution is 5.85. The number of hydrogen-bond acceptors (Lipinski definition) is 6. The molecular weight excluding hydrogens is 256 g/mol. The molecule has 20 heavy (non-hydrogen) atoms. The van der Waals surface area contributed by atoms with Gasteiger partial charge in [-0.2, -0.15) is 9.97 Å². The maximum atomic E-state index is 5.86. The lowest BCUT2D eigenvalue weighted by molar-refractivity contribution is -0.00537. The van der Waals surface area contributed by atoms with Crippen LogP contribution in [-0.4, -0.2) is 44.8 Å². The third-order valence-electron chi connectivity index (χ3n) is 3.66. The van der Waals surface area contributed by atoms with Gasteiger partial charge in [-0.3, -0.25) is 0 Å². The van der Waals surface area contributed by atoms with Gasteiger partial charge in [-0.05, 0) is 20.8 Å². The van der Waals surface area contributed by atoms with E-state index in [2.05, 4.69) is 33.7 Å². The van der Waals surface area contributed by atoms with Crippen molar-refractivity contribution in [1.82, 2.24) is 19.5 Å². The average molecular weight is 276 g/mol. The molecule has 0 saturated carbocycles. The van der Waals surface area contributed by atoms with Crippen LogP contribution in [0.1, 0.15) is 19.7 Å². The first-order valence-corrected chi connectivity index (χ1v) is 6.82. The van der Waals surface area contributed by atoms with E-state index in [4.69, 9.17) is 10.5 Å². The normalized spacial score (nSPS) is 23.5. The van der Waals surface area contributed by atoms with Crippen LogP contribution >= 0.6 is 0 Å². The molecule has 2 aromatic rings. The van der Waals surface area contributed by atoms with E-state index in [0.717, 1.165) is 35.9 Å². The topological polar surface area (TPSA) is 82.1 Å². The van der Waals surface area contributed by atoms with Crippen molar-refractivity contribution >= 4 is 22.9 Å². The zero-order valence-corrected chi connectivity index (χ0v) is 12.3. The molecule has 0 spiro atoms. The number of nitrogens with two attached hydrogens (primary N) is 1. The van der Waals surface area contributed by atoms with Crippen LogP contribution in [0.3, 0.4) is 0 Å². The Kier molecular flexibility index (Phi) is 3.01. The second kappa shape index (κ2) is 4.59. The van der Waals surface area contributed by atoms with E-state index in [9.17, 15) is 0 Å². The standard InChI is InChI=1S/C13H20N6O/c1-7-5-19(6-8(2)20-7)12-10-11(16-13(14)17-12)18(4)9(3)15-10/h7-8H,5-6H2,1-4H3,(H2,14,16,17)/t7-,8-/m1/s1. The van der Waals surface area contributed by atoms with Gasteiger partial charge in [-0.1, -0.05) is 0 Å². The second-order valence-electron chi connectivity index (χ2n) is 5.46. The molecule has 7 heteroatoms. The van der Waals surface area contributed by atoms with Gasteiger partial charge in [0, 0.05) is 20.1 Å². The molecule has 108 valence electrons. The molecule has 1 aliphatic heterocycles. The first-order valence-electron chi connectivity index (χ1n) is 6.82. The minimum atomic E-state index is 0.162. The highest BCUT2D eigenvalue weighted by Gasteiger charge is 2.26. The number of fused-ring (bicyclic) bond motifs is 1. The van der Waals surface area contributed by atoms with Gasteiger partial charge in [0.1, 0.15) is 5.82 Å². The summed E-state index contributed by atoms with van der Waals surface area (Å²) in [5, 5.41) is 0. The van der Waals surface area contributed by atoms with Gasteiger partial charge >= 0.3 is 0 Å². The molecule has 0 aliphatic carbocycles. The SMILES string of the molecule is Cc1nc2c(N3C[C@@H](C)O[C@H](C)C3)nc(N)nc2n1C. The van der Waals surface area contributed by atoms with E-state index in [1.807, 2.05) is 18.5 Å². The fourth-order valence-electron chi connectivity index (χ4n) is 2.74. The van der Waals surface area contributed by atoms with Crippen molar-refractivity contribution in [3.8, 4) is 0 Å². The van der Waals surface area contributed by atoms with Crippen molar-refractivity contribution in [2.24, 2.45) is 7.05 Å². The van der Waals surface area contributed by atoms with E-state index in [-0.39, 0.29) is 18.2 Å².